The largest absolute Gasteiger partial charge is 0.415 e. The molecule has 250 valence electrons. The number of fused-ring (bicyclic) bond motifs is 4. The highest BCUT2D eigenvalue weighted by Gasteiger charge is 2.29. The summed E-state index contributed by atoms with van der Waals surface area (Å²) in [5, 5.41) is 6.73. The predicted molar refractivity (Wildman–Crippen MR) is 195 cm³/mol. The lowest BCUT2D eigenvalue weighted by atomic mass is 9.96. The molecular formula is C40H42N6O3. The maximum atomic E-state index is 13.5. The number of ether oxygens (including phenoxy) is 1. The number of aromatic nitrogens is 2. The maximum absolute atomic E-state index is 13.5. The number of rotatable bonds is 8. The summed E-state index contributed by atoms with van der Waals surface area (Å²) in [5.74, 6) is 0.296. The van der Waals surface area contributed by atoms with Crippen molar-refractivity contribution in [1.29, 1.82) is 0 Å². The van der Waals surface area contributed by atoms with Crippen LogP contribution in [0, 0.1) is 6.92 Å². The smallest absolute Gasteiger partial charge is 0.410 e. The first kappa shape index (κ1) is 32.3. The molecule has 6 aromatic rings. The normalized spacial score (nSPS) is 14.0. The summed E-state index contributed by atoms with van der Waals surface area (Å²) in [4.78, 5) is 37.5. The molecule has 2 amide bonds. The molecule has 0 spiro atoms. The Bertz CT molecular complexity index is 2100. The molecule has 2 aromatic heterocycles. The molecule has 0 radical (unpaired) electrons. The van der Waals surface area contributed by atoms with Gasteiger partial charge in [-0.05, 0) is 73.4 Å². The van der Waals surface area contributed by atoms with Gasteiger partial charge in [0.1, 0.15) is 11.4 Å². The van der Waals surface area contributed by atoms with E-state index in [0.717, 1.165) is 57.8 Å². The molecule has 49 heavy (non-hydrogen) atoms. The molecule has 1 fully saturated rings. The number of nitrogens with one attached hydrogen (secondary N) is 1. The van der Waals surface area contributed by atoms with E-state index in [-0.39, 0.29) is 18.0 Å². The van der Waals surface area contributed by atoms with Crippen molar-refractivity contribution in [2.75, 3.05) is 53.4 Å². The van der Waals surface area contributed by atoms with Gasteiger partial charge in [0.15, 0.2) is 0 Å². The van der Waals surface area contributed by atoms with Gasteiger partial charge in [-0.1, -0.05) is 60.7 Å². The van der Waals surface area contributed by atoms with E-state index in [1.54, 1.807) is 11.1 Å². The van der Waals surface area contributed by atoms with E-state index in [1.807, 2.05) is 62.4 Å². The van der Waals surface area contributed by atoms with Gasteiger partial charge in [0.2, 0.25) is 0 Å². The van der Waals surface area contributed by atoms with Gasteiger partial charge in [0.05, 0.1) is 11.6 Å². The van der Waals surface area contributed by atoms with Crippen LogP contribution < -0.4 is 10.1 Å². The third-order valence-electron chi connectivity index (χ3n) is 9.68. The van der Waals surface area contributed by atoms with E-state index < -0.39 is 0 Å². The highest BCUT2D eigenvalue weighted by Crippen LogP contribution is 2.37. The highest BCUT2D eigenvalue weighted by molar-refractivity contribution is 6.17. The Morgan fingerprint density at radius 1 is 0.837 bits per heavy atom. The number of hydrogen-bond donors (Lipinski definition) is 1. The van der Waals surface area contributed by atoms with Crippen LogP contribution in [0.2, 0.25) is 0 Å². The lowest BCUT2D eigenvalue weighted by molar-refractivity contribution is 0.0946. The summed E-state index contributed by atoms with van der Waals surface area (Å²) in [5.41, 5.74) is 6.03. The van der Waals surface area contributed by atoms with Gasteiger partial charge < -0.3 is 24.4 Å². The molecule has 0 bridgehead atoms. The van der Waals surface area contributed by atoms with Gasteiger partial charge in [0, 0.05) is 74.2 Å². The minimum atomic E-state index is -0.349. The average molecular weight is 655 g/mol. The number of pyridine rings is 1. The van der Waals surface area contributed by atoms with Crippen molar-refractivity contribution in [3.63, 3.8) is 0 Å². The van der Waals surface area contributed by atoms with Crippen LogP contribution >= 0.6 is 0 Å². The Morgan fingerprint density at radius 3 is 2.16 bits per heavy atom. The summed E-state index contributed by atoms with van der Waals surface area (Å²) < 4.78 is 8.17. The molecule has 0 atom stereocenters. The fraction of sp³-hybridized carbons (Fsp3) is 0.275. The Hall–Kier alpha value is -5.25. The van der Waals surface area contributed by atoms with Crippen molar-refractivity contribution in [3.8, 4) is 5.75 Å². The summed E-state index contributed by atoms with van der Waals surface area (Å²) in [7, 11) is 5.99. The summed E-state index contributed by atoms with van der Waals surface area (Å²) in [6.45, 7) is 5.96. The maximum Gasteiger partial charge on any atom is 0.415 e. The molecule has 9 heteroatoms. The summed E-state index contributed by atoms with van der Waals surface area (Å²) in [6.07, 6.45) is 1.35. The lowest BCUT2D eigenvalue weighted by Gasteiger charge is -2.39. The van der Waals surface area contributed by atoms with Crippen molar-refractivity contribution in [2.24, 2.45) is 7.05 Å². The van der Waals surface area contributed by atoms with Crippen LogP contribution in [0.4, 0.5) is 4.79 Å². The van der Waals surface area contributed by atoms with Gasteiger partial charge in [-0.3, -0.25) is 14.7 Å². The van der Waals surface area contributed by atoms with Crippen molar-refractivity contribution in [3.05, 3.63) is 120 Å². The van der Waals surface area contributed by atoms with E-state index in [0.29, 0.717) is 31.1 Å². The zero-order valence-electron chi connectivity index (χ0n) is 28.5. The summed E-state index contributed by atoms with van der Waals surface area (Å²) >= 11 is 0. The standard InChI is InChI=1S/C40H42N6O3/c1-27-31-17-18-41-36(39(47)42-19-20-43(2)3)33(31)26-34-32-25-30(15-16-35(32)44(4)37(27)34)49-40(48)46-23-21-45(22-24-46)38(28-11-7-5-8-12-28)29-13-9-6-10-14-29/h5-18,25-26,38H,19-24H2,1-4H3,(H,42,47). The minimum absolute atomic E-state index is 0.119. The molecule has 9 nitrogen and oxygen atoms in total. The first-order valence-electron chi connectivity index (χ1n) is 16.8. The first-order valence-corrected chi connectivity index (χ1v) is 16.8. The van der Waals surface area contributed by atoms with Gasteiger partial charge >= 0.3 is 6.09 Å². The highest BCUT2D eigenvalue weighted by atomic mass is 16.6. The SMILES string of the molecule is Cc1c2ccnc(C(=O)NCCN(C)C)c2cc2c3cc(OC(=O)N4CCN(C(c5ccccc5)c5ccccc5)CC4)ccc3n(C)c12. The van der Waals surface area contributed by atoms with Crippen LogP contribution in [0.25, 0.3) is 32.6 Å². The molecule has 7 rings (SSSR count). The van der Waals surface area contributed by atoms with E-state index in [4.69, 9.17) is 4.74 Å². The third kappa shape index (κ3) is 6.35. The molecule has 0 aliphatic carbocycles. The number of piperazine rings is 1. The number of carbonyl (C=O) groups excluding carboxylic acids is 2. The molecular weight excluding hydrogens is 612 g/mol. The topological polar surface area (TPSA) is 82.9 Å². The molecule has 1 N–H and O–H groups in total. The molecule has 1 saturated heterocycles. The summed E-state index contributed by atoms with van der Waals surface area (Å²) in [6, 6.07) is 31.0. The third-order valence-corrected chi connectivity index (χ3v) is 9.68. The van der Waals surface area contributed by atoms with Gasteiger partial charge in [-0.2, -0.15) is 0 Å². The Kier molecular flexibility index (Phi) is 9.03. The van der Waals surface area contributed by atoms with Crippen LogP contribution in [0.3, 0.4) is 0 Å². The van der Waals surface area contributed by atoms with Crippen molar-refractivity contribution >= 4 is 44.6 Å². The fourth-order valence-corrected chi connectivity index (χ4v) is 7.20. The van der Waals surface area contributed by atoms with Crippen molar-refractivity contribution in [1.82, 2.24) is 29.6 Å². The van der Waals surface area contributed by atoms with Crippen LogP contribution in [0.5, 0.6) is 5.75 Å². The molecule has 4 aromatic carbocycles. The zero-order chi connectivity index (χ0) is 34.1. The predicted octanol–water partition coefficient (Wildman–Crippen LogP) is 6.39. The molecule has 1 aliphatic rings. The average Bonchev–Trinajstić information content (AvgIpc) is 3.40. The van der Waals surface area contributed by atoms with Gasteiger partial charge in [-0.15, -0.1) is 0 Å². The second-order valence-corrected chi connectivity index (χ2v) is 13.1. The Morgan fingerprint density at radius 2 is 1.51 bits per heavy atom. The first-order chi connectivity index (χ1) is 23.8. The number of likely N-dealkylation sites (N-methyl/N-ethyl adjacent to an activating group) is 1. The number of benzene rings is 4. The number of aryl methyl sites for hydroxylation is 2. The van der Waals surface area contributed by atoms with E-state index in [2.05, 4.69) is 81.3 Å². The number of hydrogen-bond acceptors (Lipinski definition) is 6. The monoisotopic (exact) mass is 654 g/mol. The fourth-order valence-electron chi connectivity index (χ4n) is 7.20. The van der Waals surface area contributed by atoms with Crippen LogP contribution in [0.1, 0.15) is 33.2 Å². The van der Waals surface area contributed by atoms with E-state index in [9.17, 15) is 9.59 Å². The van der Waals surface area contributed by atoms with Crippen LogP contribution in [-0.4, -0.2) is 89.6 Å². The number of nitrogens with zero attached hydrogens (tertiary/aromatic N) is 5. The van der Waals surface area contributed by atoms with Crippen molar-refractivity contribution < 1.29 is 14.3 Å². The Labute approximate surface area is 286 Å². The molecule has 0 saturated carbocycles. The lowest BCUT2D eigenvalue weighted by Crippen LogP contribution is -2.50. The molecule has 0 unspecified atom stereocenters. The second kappa shape index (κ2) is 13.7. The number of carbonyl (C=O) groups is 2. The Balaban J connectivity index is 1.13. The van der Waals surface area contributed by atoms with Crippen LogP contribution in [-0.2, 0) is 7.05 Å². The van der Waals surface area contributed by atoms with Gasteiger partial charge in [0.25, 0.3) is 5.91 Å². The zero-order valence-corrected chi connectivity index (χ0v) is 28.5. The van der Waals surface area contributed by atoms with E-state index in [1.165, 1.54) is 11.1 Å². The quantitative estimate of drug-likeness (QED) is 0.205. The van der Waals surface area contributed by atoms with Crippen LogP contribution in [0.15, 0.2) is 97.2 Å². The van der Waals surface area contributed by atoms with Gasteiger partial charge in [-0.25, -0.2) is 4.79 Å². The molecule has 3 heterocycles. The van der Waals surface area contributed by atoms with E-state index >= 15 is 0 Å². The minimum Gasteiger partial charge on any atom is -0.410 e. The second-order valence-electron chi connectivity index (χ2n) is 13.1. The number of amides is 2. The molecule has 1 aliphatic heterocycles. The van der Waals surface area contributed by atoms with Crippen molar-refractivity contribution in [2.45, 2.75) is 13.0 Å².